The van der Waals surface area contributed by atoms with Gasteiger partial charge in [0.25, 0.3) is 0 Å². The highest BCUT2D eigenvalue weighted by atomic mass is 32.2. The van der Waals surface area contributed by atoms with E-state index >= 15 is 0 Å². The number of benzene rings is 1. The van der Waals surface area contributed by atoms with Crippen LogP contribution in [-0.4, -0.2) is 59.2 Å². The van der Waals surface area contributed by atoms with Crippen molar-refractivity contribution in [3.63, 3.8) is 0 Å². The smallest absolute Gasteiger partial charge is 0.240 e. The molecule has 0 radical (unpaired) electrons. The van der Waals surface area contributed by atoms with Crippen molar-refractivity contribution >= 4 is 21.7 Å². The Morgan fingerprint density at radius 2 is 2.00 bits per heavy atom. The second kappa shape index (κ2) is 8.99. The van der Waals surface area contributed by atoms with E-state index in [2.05, 4.69) is 38.0 Å². The average molecular weight is 457 g/mol. The van der Waals surface area contributed by atoms with Gasteiger partial charge in [-0.1, -0.05) is 0 Å². The van der Waals surface area contributed by atoms with Gasteiger partial charge in [-0.2, -0.15) is 4.98 Å². The van der Waals surface area contributed by atoms with E-state index in [0.29, 0.717) is 23.7 Å². The quantitative estimate of drug-likeness (QED) is 0.499. The number of hydrogen-bond donors (Lipinski definition) is 3. The molecule has 10 heteroatoms. The highest BCUT2D eigenvalue weighted by Crippen LogP contribution is 2.23. The lowest BCUT2D eigenvalue weighted by atomic mass is 10.2. The molecule has 1 fully saturated rings. The van der Waals surface area contributed by atoms with Crippen molar-refractivity contribution in [2.45, 2.75) is 37.8 Å². The minimum absolute atomic E-state index is 0.232. The molecule has 3 N–H and O–H groups in total. The lowest BCUT2D eigenvalue weighted by molar-refractivity contribution is 0.174. The molecule has 1 unspecified atom stereocenters. The largest absolute Gasteiger partial charge is 0.392 e. The summed E-state index contributed by atoms with van der Waals surface area (Å²) >= 11 is 0. The molecule has 0 bridgehead atoms. The van der Waals surface area contributed by atoms with Gasteiger partial charge in [-0.05, 0) is 68.3 Å². The molecule has 32 heavy (non-hydrogen) atoms. The third kappa shape index (κ3) is 4.83. The summed E-state index contributed by atoms with van der Waals surface area (Å²) in [5.74, 6) is 1.14. The maximum Gasteiger partial charge on any atom is 0.240 e. The molecule has 2 aromatic heterocycles. The van der Waals surface area contributed by atoms with Crippen molar-refractivity contribution in [2.75, 3.05) is 25.5 Å². The van der Waals surface area contributed by atoms with E-state index in [4.69, 9.17) is 0 Å². The van der Waals surface area contributed by atoms with Gasteiger partial charge in [0.1, 0.15) is 5.82 Å². The Labute approximate surface area is 188 Å². The van der Waals surface area contributed by atoms with Gasteiger partial charge in [-0.25, -0.2) is 18.1 Å². The van der Waals surface area contributed by atoms with Crippen molar-refractivity contribution in [3.8, 4) is 5.82 Å². The maximum absolute atomic E-state index is 12.1. The highest BCUT2D eigenvalue weighted by molar-refractivity contribution is 7.89. The number of rotatable bonds is 7. The number of anilines is 2. The van der Waals surface area contributed by atoms with Crippen molar-refractivity contribution < 1.29 is 13.5 Å². The Morgan fingerprint density at radius 3 is 2.69 bits per heavy atom. The molecule has 0 aliphatic carbocycles. The molecule has 0 saturated carbocycles. The number of hydrogen-bond acceptors (Lipinski definition) is 7. The zero-order chi connectivity index (χ0) is 22.9. The first-order valence-electron chi connectivity index (χ1n) is 10.5. The van der Waals surface area contributed by atoms with Crippen LogP contribution in [0.2, 0.25) is 0 Å². The molecule has 0 amide bonds. The van der Waals surface area contributed by atoms with Crippen LogP contribution >= 0.6 is 0 Å². The van der Waals surface area contributed by atoms with E-state index in [-0.39, 0.29) is 11.0 Å². The number of β-amino-alcohol motifs (C(OH)–C–C–N with tert-alkyl or cyclic N) is 1. The van der Waals surface area contributed by atoms with Crippen LogP contribution in [-0.2, 0) is 16.6 Å². The average Bonchev–Trinajstić information content (AvgIpc) is 3.33. The highest BCUT2D eigenvalue weighted by Gasteiger charge is 2.21. The Kier molecular flexibility index (Phi) is 6.29. The van der Waals surface area contributed by atoms with Crippen LogP contribution < -0.4 is 10.0 Å². The lowest BCUT2D eigenvalue weighted by Gasteiger charge is -2.14. The SMILES string of the molecule is CNS(=O)(=O)c1ccc(Nc2nccc(-n3cc(C)c(CN4CCC(O)C4)c3)n2)cc1C. The molecule has 170 valence electrons. The molecular weight excluding hydrogens is 428 g/mol. The first-order valence-corrected chi connectivity index (χ1v) is 12.0. The monoisotopic (exact) mass is 456 g/mol. The molecule has 9 nitrogen and oxygen atoms in total. The van der Waals surface area contributed by atoms with E-state index < -0.39 is 10.0 Å². The van der Waals surface area contributed by atoms with E-state index in [9.17, 15) is 13.5 Å². The Hall–Kier alpha value is -2.79. The summed E-state index contributed by atoms with van der Waals surface area (Å²) in [6, 6.07) is 6.84. The molecule has 1 aliphatic heterocycles. The zero-order valence-corrected chi connectivity index (χ0v) is 19.2. The number of aliphatic hydroxyl groups is 1. The second-order valence-electron chi connectivity index (χ2n) is 8.10. The number of sulfonamides is 1. The van der Waals surface area contributed by atoms with E-state index in [1.54, 1.807) is 31.3 Å². The Balaban J connectivity index is 1.52. The van der Waals surface area contributed by atoms with Crippen LogP contribution in [0.5, 0.6) is 0 Å². The zero-order valence-electron chi connectivity index (χ0n) is 18.4. The molecular formula is C22H28N6O3S. The maximum atomic E-state index is 12.1. The fourth-order valence-electron chi connectivity index (χ4n) is 3.91. The molecule has 1 saturated heterocycles. The van der Waals surface area contributed by atoms with Crippen LogP contribution in [0.1, 0.15) is 23.1 Å². The summed E-state index contributed by atoms with van der Waals surface area (Å²) in [6.07, 6.45) is 6.37. The first kappa shape index (κ1) is 22.4. The predicted octanol–water partition coefficient (Wildman–Crippen LogP) is 2.10. The van der Waals surface area contributed by atoms with Gasteiger partial charge in [0.15, 0.2) is 0 Å². The predicted molar refractivity (Wildman–Crippen MR) is 123 cm³/mol. The van der Waals surface area contributed by atoms with Crippen LogP contribution in [0, 0.1) is 13.8 Å². The number of nitrogens with one attached hydrogen (secondary N) is 2. The number of nitrogens with zero attached hydrogens (tertiary/aromatic N) is 4. The van der Waals surface area contributed by atoms with Gasteiger partial charge in [0.2, 0.25) is 16.0 Å². The summed E-state index contributed by atoms with van der Waals surface area (Å²) in [7, 11) is -2.11. The van der Waals surface area contributed by atoms with Crippen molar-refractivity contribution in [3.05, 3.63) is 59.5 Å². The number of likely N-dealkylation sites (tertiary alicyclic amines) is 1. The minimum Gasteiger partial charge on any atom is -0.392 e. The third-order valence-electron chi connectivity index (χ3n) is 5.67. The molecule has 0 spiro atoms. The van der Waals surface area contributed by atoms with Gasteiger partial charge in [-0.15, -0.1) is 0 Å². The molecule has 1 aliphatic rings. The van der Waals surface area contributed by atoms with Crippen LogP contribution in [0.4, 0.5) is 11.6 Å². The fraction of sp³-hybridized carbons (Fsp3) is 0.364. The summed E-state index contributed by atoms with van der Waals surface area (Å²) in [4.78, 5) is 11.4. The number of aliphatic hydroxyl groups excluding tert-OH is 1. The molecule has 4 rings (SSSR count). The van der Waals surface area contributed by atoms with E-state index in [1.165, 1.54) is 12.6 Å². The molecule has 1 atom stereocenters. The Bertz CT molecular complexity index is 1220. The summed E-state index contributed by atoms with van der Waals surface area (Å²) < 4.78 is 28.4. The van der Waals surface area contributed by atoms with Crippen LogP contribution in [0.15, 0.2) is 47.8 Å². The van der Waals surface area contributed by atoms with Gasteiger partial charge in [-0.3, -0.25) is 4.90 Å². The van der Waals surface area contributed by atoms with Crippen LogP contribution in [0.25, 0.3) is 5.82 Å². The summed E-state index contributed by atoms with van der Waals surface area (Å²) in [5.41, 5.74) is 3.69. The van der Waals surface area contributed by atoms with Crippen LogP contribution in [0.3, 0.4) is 0 Å². The first-order chi connectivity index (χ1) is 15.2. The minimum atomic E-state index is -3.50. The Morgan fingerprint density at radius 1 is 1.19 bits per heavy atom. The van der Waals surface area contributed by atoms with Gasteiger partial charge >= 0.3 is 0 Å². The molecule has 3 heterocycles. The molecule has 3 aromatic rings. The standard InChI is InChI=1S/C22H28N6O3S/c1-15-10-18(4-5-20(15)32(30,31)23-3)25-22-24-8-6-21(26-22)28-11-16(2)17(13-28)12-27-9-7-19(29)14-27/h4-6,8,10-11,13,19,23,29H,7,9,12,14H2,1-3H3,(H,24,25,26). The molecule has 1 aromatic carbocycles. The van der Waals surface area contributed by atoms with Crippen molar-refractivity contribution in [1.29, 1.82) is 0 Å². The topological polar surface area (TPSA) is 112 Å². The summed E-state index contributed by atoms with van der Waals surface area (Å²) in [6.45, 7) is 6.23. The van der Waals surface area contributed by atoms with Gasteiger partial charge in [0, 0.05) is 43.9 Å². The fourth-order valence-corrected chi connectivity index (χ4v) is 4.86. The number of aromatic nitrogens is 3. The van der Waals surface area contributed by atoms with E-state index in [0.717, 1.165) is 30.9 Å². The normalized spacial score (nSPS) is 17.1. The lowest BCUT2D eigenvalue weighted by Crippen LogP contribution is -2.21. The van der Waals surface area contributed by atoms with Gasteiger partial charge in [0.05, 0.1) is 11.0 Å². The van der Waals surface area contributed by atoms with Crippen molar-refractivity contribution in [1.82, 2.24) is 24.2 Å². The summed E-state index contributed by atoms with van der Waals surface area (Å²) in [5, 5.41) is 12.9. The number of aryl methyl sites for hydroxylation is 2. The van der Waals surface area contributed by atoms with E-state index in [1.807, 2.05) is 16.8 Å². The van der Waals surface area contributed by atoms with Gasteiger partial charge < -0.3 is 15.0 Å². The third-order valence-corrected chi connectivity index (χ3v) is 7.24. The van der Waals surface area contributed by atoms with Crippen molar-refractivity contribution in [2.24, 2.45) is 0 Å². The second-order valence-corrected chi connectivity index (χ2v) is 9.96.